The Labute approximate surface area is 507 Å². The predicted molar refractivity (Wildman–Crippen MR) is 325 cm³/mol. The van der Waals surface area contributed by atoms with Crippen molar-refractivity contribution in [2.45, 2.75) is 126 Å². The van der Waals surface area contributed by atoms with Gasteiger partial charge < -0.3 is 86.4 Å². The van der Waals surface area contributed by atoms with E-state index in [0.717, 1.165) is 15.8 Å². The highest BCUT2D eigenvalue weighted by molar-refractivity contribution is 7.80. The molecule has 4 rings (SSSR count). The van der Waals surface area contributed by atoms with E-state index in [1.54, 1.807) is 42.6 Å². The molecule has 0 aliphatic carbocycles. The molecule has 0 radical (unpaired) electrons. The number of aliphatic hydroxyl groups is 1. The number of thiol groups is 2. The first-order valence-electron chi connectivity index (χ1n) is 27.7. The molecular formula is C53H81N19O12S2. The first-order valence-corrected chi connectivity index (χ1v) is 29.0. The van der Waals surface area contributed by atoms with Crippen molar-refractivity contribution in [2.75, 3.05) is 44.2 Å². The molecular weight excluding hydrogens is 1160 g/mol. The summed E-state index contributed by atoms with van der Waals surface area (Å²) >= 11 is 8.34. The molecule has 0 saturated carbocycles. The summed E-state index contributed by atoms with van der Waals surface area (Å²) in [6.07, 6.45) is -0.243. The van der Waals surface area contributed by atoms with Gasteiger partial charge >= 0.3 is 5.97 Å². The number of benzene rings is 2. The smallest absolute Gasteiger partial charge is 0.303 e. The van der Waals surface area contributed by atoms with Gasteiger partial charge in [-0.05, 0) is 69.2 Å². The van der Waals surface area contributed by atoms with Gasteiger partial charge in [0.2, 0.25) is 53.2 Å². The summed E-state index contributed by atoms with van der Waals surface area (Å²) in [4.78, 5) is 149. The van der Waals surface area contributed by atoms with E-state index in [2.05, 4.69) is 93.4 Å². The number of para-hydroxylation sites is 1. The van der Waals surface area contributed by atoms with E-state index in [-0.39, 0.29) is 69.1 Å². The zero-order valence-corrected chi connectivity index (χ0v) is 49.3. The van der Waals surface area contributed by atoms with Gasteiger partial charge in [0.05, 0.1) is 12.4 Å². The number of amides is 9. The van der Waals surface area contributed by atoms with E-state index in [0.29, 0.717) is 30.6 Å². The lowest BCUT2D eigenvalue weighted by Gasteiger charge is -2.28. The molecule has 31 nitrogen and oxygen atoms in total. The first kappa shape index (κ1) is 70.4. The molecule has 1 aliphatic rings. The van der Waals surface area contributed by atoms with Crippen LogP contribution in [0.1, 0.15) is 63.0 Å². The highest BCUT2D eigenvalue weighted by Gasteiger charge is 2.40. The molecule has 0 bridgehead atoms. The normalized spacial score (nSPS) is 16.4. The number of hydrogen-bond donors (Lipinski definition) is 20. The van der Waals surface area contributed by atoms with Crippen LogP contribution in [0.5, 0.6) is 0 Å². The van der Waals surface area contributed by atoms with Gasteiger partial charge in [-0.2, -0.15) is 25.3 Å². The summed E-state index contributed by atoms with van der Waals surface area (Å²) < 4.78 is 0. The molecule has 2 aromatic carbocycles. The number of guanidine groups is 1. The number of carbonyl (C=O) groups excluding carboxylic acids is 9. The standard InChI is InChI=1S/C53H81N19O12S2/c1-2-59-28-60-21-18-35(67-45(78)34(16-17-42(74)75)66-49(82)40(27-86)64-41(73)25-72-50(83)36(71-53(72)84)15-9-20-62-52(57)58)46(79)68-37(22-29-10-4-3-5-11-29)47(80)65-33(14-8-19-61-51(55)56)44(77)69-38(48(81)70-39(26-85)43(54)76)23-30-24-63-32-13-7-6-12-31(30)32/h3-7,10-13,24,28,33-40,52-53,62-63,71,84-86H,2,8-9,14-23,25-27,57-58H2,1H3,(H2,54,76)(H,59,60)(H,64,73)(H,65,80)(H,66,82)(H,67,78)(H,68,79)(H,69,77)(H,70,81)(H,74,75)(H4,55,56,61)/t33-,34-,35-,36-,37+,38-,39-,40-,53?/m0/s1. The van der Waals surface area contributed by atoms with Crippen LogP contribution in [-0.2, 0) is 60.8 Å². The summed E-state index contributed by atoms with van der Waals surface area (Å²) in [6, 6.07) is 4.69. The van der Waals surface area contributed by atoms with Crippen LogP contribution in [0.25, 0.3) is 10.9 Å². The minimum atomic E-state index is -1.66. The Balaban J connectivity index is 1.61. The van der Waals surface area contributed by atoms with Crippen LogP contribution in [0.4, 0.5) is 0 Å². The predicted octanol–water partition coefficient (Wildman–Crippen LogP) is -5.72. The third-order valence-corrected chi connectivity index (χ3v) is 14.1. The Hall–Kier alpha value is -8.08. The Bertz CT molecular complexity index is 2830. The number of nitrogens with zero attached hydrogens (tertiary/aromatic N) is 3. The Morgan fingerprint density at radius 2 is 1.26 bits per heavy atom. The molecule has 1 aliphatic heterocycles. The van der Waals surface area contributed by atoms with E-state index >= 15 is 0 Å². The molecule has 86 heavy (non-hydrogen) atoms. The van der Waals surface area contributed by atoms with E-state index < -0.39 is 139 Å². The maximum atomic E-state index is 14.7. The zero-order valence-electron chi connectivity index (χ0n) is 47.5. The van der Waals surface area contributed by atoms with Crippen molar-refractivity contribution < 1.29 is 58.2 Å². The number of rotatable bonds is 39. The topological polar surface area (TPSA) is 505 Å². The van der Waals surface area contributed by atoms with Gasteiger partial charge in [0.15, 0.2) is 12.3 Å². The van der Waals surface area contributed by atoms with Crippen molar-refractivity contribution in [1.29, 1.82) is 0 Å². The second-order valence-electron chi connectivity index (χ2n) is 20.0. The van der Waals surface area contributed by atoms with Gasteiger partial charge in [0.25, 0.3) is 0 Å². The second-order valence-corrected chi connectivity index (χ2v) is 20.7. The maximum Gasteiger partial charge on any atom is 0.303 e. The van der Waals surface area contributed by atoms with Crippen LogP contribution < -0.4 is 81.8 Å². The van der Waals surface area contributed by atoms with E-state index in [1.165, 1.54) is 6.34 Å². The molecule has 3 aromatic rings. The number of aromatic amines is 1. The fourth-order valence-corrected chi connectivity index (χ4v) is 9.36. The van der Waals surface area contributed by atoms with Crippen LogP contribution >= 0.6 is 25.3 Å². The van der Waals surface area contributed by atoms with Crippen molar-refractivity contribution in [3.8, 4) is 0 Å². The lowest BCUT2D eigenvalue weighted by Crippen LogP contribution is -2.61. The zero-order chi connectivity index (χ0) is 63.3. The van der Waals surface area contributed by atoms with Gasteiger partial charge in [0, 0.05) is 67.5 Å². The van der Waals surface area contributed by atoms with Crippen LogP contribution in [0.2, 0.25) is 0 Å². The van der Waals surface area contributed by atoms with Gasteiger partial charge in [-0.15, -0.1) is 0 Å². The molecule has 1 saturated heterocycles. The maximum absolute atomic E-state index is 14.7. The van der Waals surface area contributed by atoms with E-state index in [4.69, 9.17) is 28.7 Å². The Kier molecular flexibility index (Phi) is 30.0. The highest BCUT2D eigenvalue weighted by atomic mass is 32.1. The Morgan fingerprint density at radius 1 is 0.698 bits per heavy atom. The fourth-order valence-electron chi connectivity index (χ4n) is 8.83. The molecule has 1 unspecified atom stereocenters. The molecule has 33 heteroatoms. The Morgan fingerprint density at radius 3 is 1.85 bits per heavy atom. The number of carboxylic acids is 1. The third kappa shape index (κ3) is 23.8. The number of aromatic nitrogens is 1. The summed E-state index contributed by atoms with van der Waals surface area (Å²) in [6.45, 7) is 1.91. The number of fused-ring (bicyclic) bond motifs is 1. The van der Waals surface area contributed by atoms with Gasteiger partial charge in [0.1, 0.15) is 55.1 Å². The number of nitrogens with two attached hydrogens (primary N) is 5. The number of hydrogen-bond acceptors (Lipinski definition) is 19. The number of nitrogens with one attached hydrogen (secondary N) is 11. The number of aliphatic hydroxyl groups excluding tert-OH is 1. The van der Waals surface area contributed by atoms with E-state index in [1.807, 2.05) is 25.1 Å². The molecule has 1 aromatic heterocycles. The molecule has 0 spiro atoms. The minimum Gasteiger partial charge on any atom is -0.481 e. The largest absolute Gasteiger partial charge is 0.481 e. The van der Waals surface area contributed by atoms with Crippen molar-refractivity contribution in [3.05, 3.63) is 71.9 Å². The van der Waals surface area contributed by atoms with Crippen LogP contribution in [0.3, 0.4) is 0 Å². The number of aliphatic imine (C=N–C) groups is 2. The van der Waals surface area contributed by atoms with Crippen LogP contribution in [0, 0.1) is 0 Å². The van der Waals surface area contributed by atoms with Gasteiger partial charge in [-0.3, -0.25) is 73.5 Å². The number of primary amides is 1. The van der Waals surface area contributed by atoms with Crippen LogP contribution in [0.15, 0.2) is 70.8 Å². The minimum absolute atomic E-state index is 0.0135. The van der Waals surface area contributed by atoms with Crippen molar-refractivity contribution in [3.63, 3.8) is 0 Å². The van der Waals surface area contributed by atoms with Gasteiger partial charge in [-0.25, -0.2) is 0 Å². The quantitative estimate of drug-likeness (QED) is 0.00832. The summed E-state index contributed by atoms with van der Waals surface area (Å²) in [5.74, 6) is -10.0. The summed E-state index contributed by atoms with van der Waals surface area (Å²) in [7, 11) is 0. The fraction of sp³-hybridized carbons (Fsp3) is 0.509. The SMILES string of the molecule is CCNC=NCC[C@H](NC(=O)[C@H](CCC(=O)O)NC(=O)[C@H](CS)NC(=O)CN1C(=O)[C@H](CCCNC(N)N)NC1O)C(=O)N[C@H](Cc1ccccc1)C(=O)N[C@@H](CCCN=C(N)N)C(=O)N[C@@H](Cc1c[nH]c2ccccc12)C(=O)N[C@@H](CS)C(N)=O. The molecule has 1 fully saturated rings. The highest BCUT2D eigenvalue weighted by Crippen LogP contribution is 2.20. The lowest BCUT2D eigenvalue weighted by molar-refractivity contribution is -0.141. The molecule has 23 N–H and O–H groups in total. The average Bonchev–Trinajstić information content (AvgIpc) is 4.06. The van der Waals surface area contributed by atoms with Crippen molar-refractivity contribution in [1.82, 2.24) is 63.1 Å². The van der Waals surface area contributed by atoms with Crippen molar-refractivity contribution in [2.24, 2.45) is 38.7 Å². The lowest BCUT2D eigenvalue weighted by atomic mass is 10.0. The second kappa shape index (κ2) is 36.7. The van der Waals surface area contributed by atoms with Crippen LogP contribution in [-0.4, -0.2) is 197 Å². The van der Waals surface area contributed by atoms with E-state index in [9.17, 15) is 58.2 Å². The van der Waals surface area contributed by atoms with Gasteiger partial charge in [-0.1, -0.05) is 48.5 Å². The number of H-pyrrole nitrogens is 1. The number of aliphatic carboxylic acids is 1. The summed E-state index contributed by atoms with van der Waals surface area (Å²) in [5.41, 5.74) is 29.6. The summed E-state index contributed by atoms with van der Waals surface area (Å²) in [5, 5.41) is 47.4. The molecule has 9 amide bonds. The number of carbonyl (C=O) groups is 10. The van der Waals surface area contributed by atoms with Crippen molar-refractivity contribution >= 4 is 108 Å². The molecule has 2 heterocycles. The molecule has 9 atom stereocenters. The molecule has 472 valence electrons. The first-order chi connectivity index (χ1) is 41.0. The third-order valence-electron chi connectivity index (χ3n) is 13.3. The number of carboxylic acid groups (broad SMARTS) is 1. The monoisotopic (exact) mass is 1240 g/mol. The average molecular weight is 1240 g/mol.